The van der Waals surface area contributed by atoms with E-state index in [1.807, 2.05) is 20.8 Å². The lowest BCUT2D eigenvalue weighted by Crippen LogP contribution is -2.32. The Kier molecular flexibility index (Phi) is 12.4. The molecule has 6 bridgehead atoms. The van der Waals surface area contributed by atoms with Crippen LogP contribution >= 0.6 is 0 Å². The standard InChI is InChI=1S/C12H18O2.C10H14O3.C8H10O2.C6H7NO3/c1-12(2,3)14-11(13)10-7-8-4-5-9(10)6-8;11-3-4-13-10(12)9-6-7-1-2-8(9)5-7;9-8(10)7-4-5-1-2-6(7)3-5;8-4-3-7-5(9)1-2-6(7)10/h4-5,8-10H,6-7H2,1-3H3;1-2,7-9,11H,3-6H2;1-2,5-7H,3-4H2,(H,9,10);1-2,8H,3-4H2. The van der Waals surface area contributed by atoms with E-state index in [4.69, 9.17) is 24.8 Å². The topological polar surface area (TPSA) is 168 Å². The maximum atomic E-state index is 11.8. The fourth-order valence-electron chi connectivity index (χ4n) is 7.55. The van der Waals surface area contributed by atoms with Gasteiger partial charge < -0.3 is 24.8 Å². The van der Waals surface area contributed by atoms with Gasteiger partial charge in [-0.15, -0.1) is 0 Å². The van der Waals surface area contributed by atoms with E-state index < -0.39 is 5.97 Å². The van der Waals surface area contributed by atoms with Crippen LogP contribution in [0.25, 0.3) is 0 Å². The van der Waals surface area contributed by atoms with Crippen LogP contribution in [0.3, 0.4) is 0 Å². The number of carbonyl (C=O) groups excluding carboxylic acids is 4. The van der Waals surface area contributed by atoms with Crippen LogP contribution in [0.2, 0.25) is 0 Å². The number of carbonyl (C=O) groups is 5. The van der Waals surface area contributed by atoms with Crippen LogP contribution in [0.1, 0.15) is 59.3 Å². The Balaban J connectivity index is 0.000000143. The van der Waals surface area contributed by atoms with Crippen LogP contribution in [0.5, 0.6) is 0 Å². The molecule has 9 atom stereocenters. The Bertz CT molecular complexity index is 1270. The van der Waals surface area contributed by atoms with Gasteiger partial charge in [-0.25, -0.2) is 0 Å². The Morgan fingerprint density at radius 3 is 1.47 bits per heavy atom. The minimum atomic E-state index is -0.614. The number of aliphatic hydroxyl groups is 2. The molecule has 0 aromatic carbocycles. The number of allylic oxidation sites excluding steroid dienone is 6. The molecule has 0 saturated heterocycles. The molecule has 7 rings (SSSR count). The second-order valence-electron chi connectivity index (χ2n) is 14.3. The second kappa shape index (κ2) is 16.0. The molecule has 11 nitrogen and oxygen atoms in total. The monoisotopic (exact) mass is 655 g/mol. The number of esters is 2. The Morgan fingerprint density at radius 2 is 1.15 bits per heavy atom. The highest BCUT2D eigenvalue weighted by atomic mass is 16.6. The quantitative estimate of drug-likeness (QED) is 0.210. The lowest BCUT2D eigenvalue weighted by atomic mass is 9.93. The van der Waals surface area contributed by atoms with Gasteiger partial charge in [-0.2, -0.15) is 0 Å². The van der Waals surface area contributed by atoms with Crippen molar-refractivity contribution < 1.29 is 48.8 Å². The van der Waals surface area contributed by atoms with Crippen molar-refractivity contribution in [2.24, 2.45) is 53.3 Å². The molecule has 0 radical (unpaired) electrons. The number of hydrogen-bond acceptors (Lipinski definition) is 9. The maximum absolute atomic E-state index is 11.8. The Hall–Kier alpha value is -3.57. The van der Waals surface area contributed by atoms with Gasteiger partial charge in [-0.3, -0.25) is 28.9 Å². The fraction of sp³-hybridized carbons (Fsp3) is 0.639. The number of β-amino-alcohol motifs (C(OH)–C–C–N with tert-alkyl or cyclic N) is 1. The molecule has 0 aromatic rings. The van der Waals surface area contributed by atoms with E-state index in [0.717, 1.165) is 43.4 Å². The van der Waals surface area contributed by atoms with Crippen molar-refractivity contribution in [2.75, 3.05) is 26.4 Å². The van der Waals surface area contributed by atoms with E-state index in [0.29, 0.717) is 35.5 Å². The van der Waals surface area contributed by atoms with Crippen LogP contribution in [-0.2, 0) is 33.4 Å². The van der Waals surface area contributed by atoms with Crippen molar-refractivity contribution >= 4 is 29.7 Å². The normalized spacial score (nSPS) is 32.9. The number of rotatable bonds is 7. The summed E-state index contributed by atoms with van der Waals surface area (Å²) in [5.74, 6) is 1.67. The number of hydrogen-bond donors (Lipinski definition) is 3. The van der Waals surface area contributed by atoms with E-state index in [1.165, 1.54) is 12.2 Å². The van der Waals surface area contributed by atoms with Crippen LogP contribution in [0.4, 0.5) is 0 Å². The molecule has 0 spiro atoms. The highest BCUT2D eigenvalue weighted by molar-refractivity contribution is 6.12. The van der Waals surface area contributed by atoms with Crippen LogP contribution in [0, 0.1) is 53.3 Å². The predicted octanol–water partition coefficient (Wildman–Crippen LogP) is 3.46. The zero-order valence-corrected chi connectivity index (χ0v) is 27.5. The largest absolute Gasteiger partial charge is 0.481 e. The van der Waals surface area contributed by atoms with Gasteiger partial charge in [-0.1, -0.05) is 36.5 Å². The molecule has 0 aromatic heterocycles. The van der Waals surface area contributed by atoms with Gasteiger partial charge in [0, 0.05) is 12.2 Å². The number of fused-ring (bicyclic) bond motifs is 6. The smallest absolute Gasteiger partial charge is 0.310 e. The van der Waals surface area contributed by atoms with Crippen molar-refractivity contribution in [1.82, 2.24) is 4.90 Å². The third-order valence-corrected chi connectivity index (χ3v) is 9.73. The predicted molar refractivity (Wildman–Crippen MR) is 171 cm³/mol. The zero-order valence-electron chi connectivity index (χ0n) is 27.5. The molecule has 1 aliphatic heterocycles. The Labute approximate surface area is 276 Å². The third kappa shape index (κ3) is 9.73. The molecule has 11 heteroatoms. The molecule has 47 heavy (non-hydrogen) atoms. The molecule has 2 amide bonds. The zero-order chi connectivity index (χ0) is 34.3. The van der Waals surface area contributed by atoms with Gasteiger partial charge in [0.05, 0.1) is 37.5 Å². The fourth-order valence-corrected chi connectivity index (χ4v) is 7.55. The van der Waals surface area contributed by atoms with Crippen molar-refractivity contribution in [3.05, 3.63) is 48.6 Å². The van der Waals surface area contributed by atoms with Crippen molar-refractivity contribution in [3.63, 3.8) is 0 Å². The molecule has 3 saturated carbocycles. The summed E-state index contributed by atoms with van der Waals surface area (Å²) < 4.78 is 10.3. The first-order chi connectivity index (χ1) is 22.3. The number of carboxylic acid groups (broad SMARTS) is 1. The van der Waals surface area contributed by atoms with Gasteiger partial charge in [0.25, 0.3) is 11.8 Å². The molecular formula is C36H49NO10. The minimum absolute atomic E-state index is 0.00523. The summed E-state index contributed by atoms with van der Waals surface area (Å²) in [5.41, 5.74) is -0.345. The number of aliphatic carboxylic acids is 1. The molecule has 1 heterocycles. The first-order valence-corrected chi connectivity index (χ1v) is 16.7. The van der Waals surface area contributed by atoms with Gasteiger partial charge in [0.15, 0.2) is 0 Å². The second-order valence-corrected chi connectivity index (χ2v) is 14.3. The minimum Gasteiger partial charge on any atom is -0.481 e. The summed E-state index contributed by atoms with van der Waals surface area (Å²) in [6, 6.07) is 0. The number of ether oxygens (including phenoxy) is 2. The van der Waals surface area contributed by atoms with E-state index in [2.05, 4.69) is 36.5 Å². The molecule has 6 aliphatic carbocycles. The lowest BCUT2D eigenvalue weighted by Gasteiger charge is -2.24. The first-order valence-electron chi connectivity index (χ1n) is 16.7. The van der Waals surface area contributed by atoms with E-state index in [1.54, 1.807) is 0 Å². The molecule has 258 valence electrons. The number of amides is 2. The summed E-state index contributed by atoms with van der Waals surface area (Å²) in [6.07, 6.45) is 21.5. The lowest BCUT2D eigenvalue weighted by molar-refractivity contribution is -0.161. The summed E-state index contributed by atoms with van der Waals surface area (Å²) in [6.45, 7) is 5.73. The third-order valence-electron chi connectivity index (χ3n) is 9.73. The number of imide groups is 1. The molecular weight excluding hydrogens is 606 g/mol. The van der Waals surface area contributed by atoms with Crippen molar-refractivity contribution in [3.8, 4) is 0 Å². The van der Waals surface area contributed by atoms with E-state index in [-0.39, 0.29) is 73.5 Å². The average molecular weight is 656 g/mol. The summed E-state index contributed by atoms with van der Waals surface area (Å²) in [7, 11) is 0. The first kappa shape index (κ1) is 36.3. The van der Waals surface area contributed by atoms with Crippen LogP contribution in [0.15, 0.2) is 48.6 Å². The van der Waals surface area contributed by atoms with Crippen molar-refractivity contribution in [1.29, 1.82) is 0 Å². The summed E-state index contributed by atoms with van der Waals surface area (Å²) in [5, 5.41) is 25.6. The van der Waals surface area contributed by atoms with Gasteiger partial charge in [-0.05, 0) is 94.8 Å². The number of aliphatic hydroxyl groups excluding tert-OH is 2. The summed E-state index contributed by atoms with van der Waals surface area (Å²) >= 11 is 0. The number of carboxylic acids is 1. The molecule has 3 fully saturated rings. The Morgan fingerprint density at radius 1 is 0.702 bits per heavy atom. The average Bonchev–Trinajstić information content (AvgIpc) is 3.89. The SMILES string of the molecule is CC(C)(C)OC(=O)C1CC2C=CC1C2.O=C(O)C1CC2C=CC1C2.O=C(OCCO)C1CC2C=CC1C2.O=C1C=CC(=O)N1CCO. The van der Waals surface area contributed by atoms with E-state index >= 15 is 0 Å². The number of nitrogens with zero attached hydrogens (tertiary/aromatic N) is 1. The van der Waals surface area contributed by atoms with Crippen LogP contribution < -0.4 is 0 Å². The molecule has 9 unspecified atom stereocenters. The van der Waals surface area contributed by atoms with Gasteiger partial charge >= 0.3 is 17.9 Å². The van der Waals surface area contributed by atoms with E-state index in [9.17, 15) is 24.0 Å². The highest BCUT2D eigenvalue weighted by Gasteiger charge is 2.42. The summed E-state index contributed by atoms with van der Waals surface area (Å²) in [4.78, 5) is 56.1. The van der Waals surface area contributed by atoms with Gasteiger partial charge in [0.2, 0.25) is 0 Å². The van der Waals surface area contributed by atoms with Gasteiger partial charge in [0.1, 0.15) is 12.2 Å². The highest BCUT2D eigenvalue weighted by Crippen LogP contribution is 2.45. The molecule has 7 aliphatic rings. The van der Waals surface area contributed by atoms with Crippen molar-refractivity contribution in [2.45, 2.75) is 64.9 Å². The maximum Gasteiger partial charge on any atom is 0.310 e. The molecule has 3 N–H and O–H groups in total. The van der Waals surface area contributed by atoms with Crippen LogP contribution in [-0.4, -0.2) is 81.9 Å².